The van der Waals surface area contributed by atoms with Crippen LogP contribution < -0.4 is 9.30 Å². The number of aromatic nitrogens is 4. The van der Waals surface area contributed by atoms with Crippen molar-refractivity contribution in [1.29, 1.82) is 0 Å². The first-order chi connectivity index (χ1) is 35.7. The van der Waals surface area contributed by atoms with Gasteiger partial charge in [0.2, 0.25) is 0 Å². The van der Waals surface area contributed by atoms with E-state index < -0.39 is 0 Å². The van der Waals surface area contributed by atoms with Crippen LogP contribution in [0.3, 0.4) is 0 Å². The summed E-state index contributed by atoms with van der Waals surface area (Å²) in [5, 5.41) is 2.22. The van der Waals surface area contributed by atoms with E-state index in [9.17, 15) is 0 Å². The van der Waals surface area contributed by atoms with E-state index in [1.165, 1.54) is 44.5 Å². The average molecular weight is 1170 g/mol. The Morgan fingerprint density at radius 2 is 1.04 bits per heavy atom. The van der Waals surface area contributed by atoms with Gasteiger partial charge in [0, 0.05) is 44.3 Å². The quantitative estimate of drug-likeness (QED) is 0.127. The third-order valence-corrected chi connectivity index (χ3v) is 15.2. The molecule has 0 saturated heterocycles. The third kappa shape index (κ3) is 8.81. The summed E-state index contributed by atoms with van der Waals surface area (Å²) in [5.74, 6) is 2.00. The van der Waals surface area contributed by atoms with Gasteiger partial charge in [-0.1, -0.05) is 198 Å². The maximum atomic E-state index is 6.86. The van der Waals surface area contributed by atoms with Gasteiger partial charge in [-0.25, -0.2) is 4.98 Å². The molecule has 6 heteroatoms. The second-order valence-corrected chi connectivity index (χ2v) is 24.6. The molecule has 1 aliphatic rings. The molecular weight excluding hydrogens is 1110 g/mol. The Kier molecular flexibility index (Phi) is 12.3. The largest absolute Gasteiger partial charge is 0.510 e. The molecule has 382 valence electrons. The number of rotatable bonds is 5. The first-order valence-electron chi connectivity index (χ1n) is 26.4. The summed E-state index contributed by atoms with van der Waals surface area (Å²) in [5.41, 5.74) is 20.0. The molecule has 3 aromatic heterocycles. The van der Waals surface area contributed by atoms with E-state index in [1.807, 2.05) is 18.3 Å². The van der Waals surface area contributed by atoms with Crippen LogP contribution in [0.5, 0.6) is 11.5 Å². The van der Waals surface area contributed by atoms with Crippen LogP contribution in [-0.4, -0.2) is 14.1 Å². The van der Waals surface area contributed by atoms with Crippen molar-refractivity contribution < 1.29 is 30.4 Å². The molecule has 0 radical (unpaired) electrons. The molecule has 0 aliphatic carbocycles. The zero-order chi connectivity index (χ0) is 52.3. The number of benzene rings is 8. The van der Waals surface area contributed by atoms with E-state index in [2.05, 4.69) is 267 Å². The Balaban J connectivity index is 0.00000616. The molecule has 0 spiro atoms. The van der Waals surface area contributed by atoms with Gasteiger partial charge in [-0.15, -0.1) is 29.7 Å². The number of fused-ring (bicyclic) bond motifs is 10. The van der Waals surface area contributed by atoms with Crippen LogP contribution in [0.25, 0.3) is 94.5 Å². The molecule has 8 aromatic carbocycles. The standard InChI is InChI=1S/C70H64N4O.Pt/c1-67(2,3)46-33-34-71-64(40-46)74-61-30-18-17-27-56(61)57-32-31-51(42-62(57)74)75-50-22-19-21-49(41-50)72-43-73-65-58(28-20-29-60(65)70(10,11)12)54-25-15-13-23-52(54)53-24-14-16-26-55(53)59-37-45(38-63(72)66(59)73)44-35-47(68(4,5)6)39-48(36-44)69(7,8)9;/h13-40H,1-12H3;/q-2;. The van der Waals surface area contributed by atoms with E-state index in [4.69, 9.17) is 9.72 Å². The molecule has 1 aliphatic heterocycles. The Morgan fingerprint density at radius 3 is 1.70 bits per heavy atom. The van der Waals surface area contributed by atoms with Crippen molar-refractivity contribution in [2.24, 2.45) is 0 Å². The smallest absolute Gasteiger partial charge is 0.268 e. The van der Waals surface area contributed by atoms with Gasteiger partial charge in [0.05, 0.1) is 16.7 Å². The SMILES string of the molecule is CC(C)(C)c1cc(-c2cc3c4c(c2)n(-c2[c-]c(Oc5[c-]c6c(cc5)c5ccccc5n6-c5cc(C(C)(C)C)ccn5)ccc2)[c-][n+]4-c2c(cccc2C(C)(C)C)-c2ccccc2-c2ccccc2-3)cc(C(C)(C)C)c1.[Pt]. The van der Waals surface area contributed by atoms with Crippen molar-refractivity contribution in [3.63, 3.8) is 0 Å². The number of pyridine rings is 1. The van der Waals surface area contributed by atoms with Crippen LogP contribution in [0.4, 0.5) is 0 Å². The maximum absolute atomic E-state index is 6.86. The fourth-order valence-corrected chi connectivity index (χ4v) is 11.0. The Morgan fingerprint density at radius 1 is 0.461 bits per heavy atom. The summed E-state index contributed by atoms with van der Waals surface area (Å²) in [6.45, 7) is 27.5. The molecular formula is C70H64N4OPt-2. The van der Waals surface area contributed by atoms with Gasteiger partial charge in [0.1, 0.15) is 5.82 Å². The first kappa shape index (κ1) is 50.8. The molecule has 0 fully saturated rings. The summed E-state index contributed by atoms with van der Waals surface area (Å²) in [6, 6.07) is 67.2. The minimum atomic E-state index is -0.206. The number of hydrogen-bond donors (Lipinski definition) is 0. The summed E-state index contributed by atoms with van der Waals surface area (Å²) in [7, 11) is 0. The van der Waals surface area contributed by atoms with Crippen molar-refractivity contribution in [3.8, 4) is 73.2 Å². The molecule has 12 rings (SSSR count). The fourth-order valence-electron chi connectivity index (χ4n) is 11.0. The Labute approximate surface area is 463 Å². The van der Waals surface area contributed by atoms with Crippen LogP contribution >= 0.6 is 0 Å². The predicted molar refractivity (Wildman–Crippen MR) is 310 cm³/mol. The Hall–Kier alpha value is -7.33. The number of imidazole rings is 1. The van der Waals surface area contributed by atoms with Gasteiger partial charge in [0.15, 0.2) is 0 Å². The second-order valence-electron chi connectivity index (χ2n) is 24.6. The van der Waals surface area contributed by atoms with Crippen molar-refractivity contribution in [2.75, 3.05) is 0 Å². The van der Waals surface area contributed by atoms with Crippen molar-refractivity contribution in [1.82, 2.24) is 14.1 Å². The zero-order valence-corrected chi connectivity index (χ0v) is 48.0. The normalized spacial score (nSPS) is 12.6. The zero-order valence-electron chi connectivity index (χ0n) is 45.7. The topological polar surface area (TPSA) is 35.9 Å². The molecule has 0 bridgehead atoms. The molecule has 11 aromatic rings. The molecule has 76 heavy (non-hydrogen) atoms. The van der Waals surface area contributed by atoms with Crippen molar-refractivity contribution in [3.05, 3.63) is 211 Å². The van der Waals surface area contributed by atoms with E-state index in [0.29, 0.717) is 11.5 Å². The second kappa shape index (κ2) is 18.5. The molecule has 0 saturated carbocycles. The van der Waals surface area contributed by atoms with Crippen LogP contribution in [0.15, 0.2) is 170 Å². The minimum Gasteiger partial charge on any atom is -0.510 e. The third-order valence-electron chi connectivity index (χ3n) is 15.2. The van der Waals surface area contributed by atoms with Crippen LogP contribution in [0.1, 0.15) is 105 Å². The first-order valence-corrected chi connectivity index (χ1v) is 26.4. The van der Waals surface area contributed by atoms with E-state index >= 15 is 0 Å². The minimum absolute atomic E-state index is 0. The Bertz CT molecular complexity index is 4050. The van der Waals surface area contributed by atoms with E-state index in [0.717, 1.165) is 72.3 Å². The molecule has 0 amide bonds. The number of hydrogen-bond acceptors (Lipinski definition) is 2. The maximum Gasteiger partial charge on any atom is 0.268 e. The average Bonchev–Trinajstić information content (AvgIpc) is 3.99. The van der Waals surface area contributed by atoms with Gasteiger partial charge in [-0.2, -0.15) is 18.2 Å². The van der Waals surface area contributed by atoms with E-state index in [1.54, 1.807) is 0 Å². The van der Waals surface area contributed by atoms with Gasteiger partial charge in [0.25, 0.3) is 6.33 Å². The van der Waals surface area contributed by atoms with Crippen LogP contribution in [0.2, 0.25) is 0 Å². The predicted octanol–water partition coefficient (Wildman–Crippen LogP) is 17.8. The van der Waals surface area contributed by atoms with Gasteiger partial charge >= 0.3 is 0 Å². The summed E-state index contributed by atoms with van der Waals surface area (Å²) in [4.78, 5) is 4.92. The van der Waals surface area contributed by atoms with E-state index in [-0.39, 0.29) is 42.7 Å². The summed E-state index contributed by atoms with van der Waals surface area (Å²) in [6.07, 6.45) is 5.93. The number of ether oxygens (including phenoxy) is 1. The molecule has 0 atom stereocenters. The van der Waals surface area contributed by atoms with Gasteiger partial charge in [-0.3, -0.25) is 4.57 Å². The molecule has 0 unspecified atom stereocenters. The molecule has 0 N–H and O–H groups in total. The van der Waals surface area contributed by atoms with Crippen molar-refractivity contribution in [2.45, 2.75) is 105 Å². The molecule has 5 nitrogen and oxygen atoms in total. The van der Waals surface area contributed by atoms with Gasteiger partial charge < -0.3 is 13.9 Å². The fraction of sp³-hybridized carbons (Fsp3) is 0.229. The summed E-state index contributed by atoms with van der Waals surface area (Å²) >= 11 is 0. The number of nitrogens with zero attached hydrogens (tertiary/aromatic N) is 4. The van der Waals surface area contributed by atoms with Crippen LogP contribution in [0, 0.1) is 18.5 Å². The van der Waals surface area contributed by atoms with Crippen LogP contribution in [-0.2, 0) is 42.7 Å². The number of para-hydroxylation sites is 2. The molecule has 4 heterocycles. The van der Waals surface area contributed by atoms with Gasteiger partial charge in [-0.05, 0) is 124 Å². The van der Waals surface area contributed by atoms with Crippen molar-refractivity contribution >= 4 is 32.8 Å². The monoisotopic (exact) mass is 1170 g/mol. The summed E-state index contributed by atoms with van der Waals surface area (Å²) < 4.78 is 13.6.